The zero-order valence-electron chi connectivity index (χ0n) is 14.4. The smallest absolute Gasteiger partial charge is 0.222 e. The summed E-state index contributed by atoms with van der Waals surface area (Å²) in [5.41, 5.74) is 3.05. The SMILES string of the molecule is Cn1c([C@H]2CCN(C(=O)CCc3ccccc3)C2)nc2cccnc21. The van der Waals surface area contributed by atoms with E-state index in [9.17, 15) is 4.79 Å². The number of aryl methyl sites for hydroxylation is 2. The van der Waals surface area contributed by atoms with E-state index in [0.717, 1.165) is 42.9 Å². The molecule has 1 aliphatic rings. The molecule has 4 rings (SSSR count). The second kappa shape index (κ2) is 6.67. The van der Waals surface area contributed by atoms with Crippen LogP contribution in [-0.4, -0.2) is 38.4 Å². The highest BCUT2D eigenvalue weighted by Gasteiger charge is 2.30. The number of rotatable bonds is 4. The lowest BCUT2D eigenvalue weighted by Crippen LogP contribution is -2.28. The summed E-state index contributed by atoms with van der Waals surface area (Å²) in [7, 11) is 2.01. The Morgan fingerprint density at radius 1 is 1.20 bits per heavy atom. The van der Waals surface area contributed by atoms with Crippen LogP contribution in [-0.2, 0) is 18.3 Å². The third kappa shape index (κ3) is 3.14. The fourth-order valence-corrected chi connectivity index (χ4v) is 3.66. The average Bonchev–Trinajstić information content (AvgIpc) is 3.26. The first-order valence-electron chi connectivity index (χ1n) is 8.81. The number of aromatic nitrogens is 3. The number of benzene rings is 1. The molecule has 0 bridgehead atoms. The molecule has 0 N–H and O–H groups in total. The molecule has 0 saturated carbocycles. The van der Waals surface area contributed by atoms with Gasteiger partial charge in [-0.1, -0.05) is 30.3 Å². The second-order valence-electron chi connectivity index (χ2n) is 6.69. The monoisotopic (exact) mass is 334 g/mol. The summed E-state index contributed by atoms with van der Waals surface area (Å²) in [6, 6.07) is 14.1. The van der Waals surface area contributed by atoms with E-state index in [2.05, 4.69) is 21.7 Å². The van der Waals surface area contributed by atoms with Crippen LogP contribution in [0, 0.1) is 0 Å². The third-order valence-corrected chi connectivity index (χ3v) is 5.04. The molecule has 128 valence electrons. The van der Waals surface area contributed by atoms with E-state index in [-0.39, 0.29) is 5.91 Å². The number of carbonyl (C=O) groups is 1. The Hall–Kier alpha value is -2.69. The average molecular weight is 334 g/mol. The van der Waals surface area contributed by atoms with Crippen LogP contribution < -0.4 is 0 Å². The van der Waals surface area contributed by atoms with Crippen molar-refractivity contribution in [3.05, 3.63) is 60.0 Å². The first kappa shape index (κ1) is 15.8. The van der Waals surface area contributed by atoms with Gasteiger partial charge < -0.3 is 9.47 Å². The molecule has 5 heteroatoms. The lowest BCUT2D eigenvalue weighted by Gasteiger charge is -2.16. The largest absolute Gasteiger partial charge is 0.342 e. The highest BCUT2D eigenvalue weighted by Crippen LogP contribution is 2.28. The second-order valence-corrected chi connectivity index (χ2v) is 6.69. The van der Waals surface area contributed by atoms with Gasteiger partial charge in [0, 0.05) is 38.7 Å². The van der Waals surface area contributed by atoms with Crippen molar-refractivity contribution in [3.8, 4) is 0 Å². The molecule has 25 heavy (non-hydrogen) atoms. The van der Waals surface area contributed by atoms with Crippen molar-refractivity contribution in [1.29, 1.82) is 0 Å². The van der Waals surface area contributed by atoms with Crippen LogP contribution in [0.15, 0.2) is 48.7 Å². The summed E-state index contributed by atoms with van der Waals surface area (Å²) in [5, 5.41) is 0. The summed E-state index contributed by atoms with van der Waals surface area (Å²) < 4.78 is 2.07. The van der Waals surface area contributed by atoms with E-state index in [1.165, 1.54) is 5.56 Å². The van der Waals surface area contributed by atoms with Crippen LogP contribution in [0.3, 0.4) is 0 Å². The van der Waals surface area contributed by atoms with Crippen LogP contribution >= 0.6 is 0 Å². The van der Waals surface area contributed by atoms with E-state index < -0.39 is 0 Å². The number of likely N-dealkylation sites (tertiary alicyclic amines) is 1. The van der Waals surface area contributed by atoms with Crippen LogP contribution in [0.5, 0.6) is 0 Å². The Kier molecular flexibility index (Phi) is 4.22. The zero-order valence-corrected chi connectivity index (χ0v) is 14.4. The molecule has 3 aromatic rings. The number of hydrogen-bond donors (Lipinski definition) is 0. The molecular formula is C20H22N4O. The number of amides is 1. The van der Waals surface area contributed by atoms with Gasteiger partial charge in [-0.05, 0) is 30.5 Å². The summed E-state index contributed by atoms with van der Waals surface area (Å²) in [6.07, 6.45) is 4.13. The number of fused-ring (bicyclic) bond motifs is 1. The van der Waals surface area contributed by atoms with Gasteiger partial charge in [0.05, 0.1) is 0 Å². The molecule has 5 nitrogen and oxygen atoms in total. The van der Waals surface area contributed by atoms with Crippen LogP contribution in [0.2, 0.25) is 0 Å². The predicted molar refractivity (Wildman–Crippen MR) is 97.2 cm³/mol. The van der Waals surface area contributed by atoms with Crippen LogP contribution in [0.1, 0.15) is 30.1 Å². The molecule has 1 aliphatic heterocycles. The molecule has 0 radical (unpaired) electrons. The van der Waals surface area contributed by atoms with Gasteiger partial charge in [-0.3, -0.25) is 4.79 Å². The van der Waals surface area contributed by atoms with Gasteiger partial charge in [0.2, 0.25) is 5.91 Å². The molecule has 3 heterocycles. The van der Waals surface area contributed by atoms with Gasteiger partial charge in [0.25, 0.3) is 0 Å². The Morgan fingerprint density at radius 2 is 2.04 bits per heavy atom. The van der Waals surface area contributed by atoms with Gasteiger partial charge in [-0.25, -0.2) is 9.97 Å². The molecule has 1 saturated heterocycles. The third-order valence-electron chi connectivity index (χ3n) is 5.04. The molecule has 1 atom stereocenters. The highest BCUT2D eigenvalue weighted by molar-refractivity contribution is 5.77. The molecule has 0 spiro atoms. The molecule has 1 amide bonds. The quantitative estimate of drug-likeness (QED) is 0.737. The van der Waals surface area contributed by atoms with Crippen LogP contribution in [0.25, 0.3) is 11.2 Å². The van der Waals surface area contributed by atoms with Crippen molar-refractivity contribution in [3.63, 3.8) is 0 Å². The molecule has 1 aromatic carbocycles. The fraction of sp³-hybridized carbons (Fsp3) is 0.350. The Bertz CT molecular complexity index is 887. The first-order valence-corrected chi connectivity index (χ1v) is 8.81. The van der Waals surface area contributed by atoms with Crippen LogP contribution in [0.4, 0.5) is 0 Å². The molecule has 2 aromatic heterocycles. The first-order chi connectivity index (χ1) is 12.2. The number of pyridine rings is 1. The van der Waals surface area contributed by atoms with E-state index in [0.29, 0.717) is 12.3 Å². The zero-order chi connectivity index (χ0) is 17.2. The fourth-order valence-electron chi connectivity index (χ4n) is 3.66. The van der Waals surface area contributed by atoms with E-state index in [1.54, 1.807) is 6.20 Å². The van der Waals surface area contributed by atoms with E-state index in [4.69, 9.17) is 4.98 Å². The minimum absolute atomic E-state index is 0.239. The summed E-state index contributed by atoms with van der Waals surface area (Å²) in [5.74, 6) is 1.56. The highest BCUT2D eigenvalue weighted by atomic mass is 16.2. The van der Waals surface area contributed by atoms with Crippen molar-refractivity contribution >= 4 is 17.1 Å². The minimum Gasteiger partial charge on any atom is -0.342 e. The topological polar surface area (TPSA) is 51.0 Å². The normalized spacial score (nSPS) is 17.3. The van der Waals surface area contributed by atoms with E-state index in [1.807, 2.05) is 42.3 Å². The number of imidazole rings is 1. The maximum absolute atomic E-state index is 12.5. The van der Waals surface area contributed by atoms with Gasteiger partial charge in [0.1, 0.15) is 11.3 Å². The van der Waals surface area contributed by atoms with Crippen molar-refractivity contribution < 1.29 is 4.79 Å². The van der Waals surface area contributed by atoms with Crippen molar-refractivity contribution in [2.75, 3.05) is 13.1 Å². The van der Waals surface area contributed by atoms with Gasteiger partial charge in [0.15, 0.2) is 5.65 Å². The van der Waals surface area contributed by atoms with Crippen molar-refractivity contribution in [1.82, 2.24) is 19.4 Å². The molecule has 0 unspecified atom stereocenters. The lowest BCUT2D eigenvalue weighted by atomic mass is 10.1. The number of nitrogens with zero attached hydrogens (tertiary/aromatic N) is 4. The van der Waals surface area contributed by atoms with Gasteiger partial charge in [-0.15, -0.1) is 0 Å². The molecule has 0 aliphatic carbocycles. The maximum Gasteiger partial charge on any atom is 0.222 e. The Morgan fingerprint density at radius 3 is 2.84 bits per heavy atom. The summed E-state index contributed by atoms with van der Waals surface area (Å²) in [6.45, 7) is 1.57. The van der Waals surface area contributed by atoms with Crippen molar-refractivity contribution in [2.24, 2.45) is 7.05 Å². The van der Waals surface area contributed by atoms with Crippen molar-refractivity contribution in [2.45, 2.75) is 25.2 Å². The van der Waals surface area contributed by atoms with Gasteiger partial charge in [-0.2, -0.15) is 0 Å². The standard InChI is InChI=1S/C20H22N4O/c1-23-19(22-17-8-5-12-21-20(17)23)16-11-13-24(14-16)18(25)10-9-15-6-3-2-4-7-15/h2-8,12,16H,9-11,13-14H2,1H3/t16-/m0/s1. The van der Waals surface area contributed by atoms with E-state index >= 15 is 0 Å². The minimum atomic E-state index is 0.239. The maximum atomic E-state index is 12.5. The van der Waals surface area contributed by atoms with Gasteiger partial charge >= 0.3 is 0 Å². The predicted octanol–water partition coefficient (Wildman–Crippen LogP) is 2.92. The Labute approximate surface area is 147 Å². The number of hydrogen-bond acceptors (Lipinski definition) is 3. The lowest BCUT2D eigenvalue weighted by molar-refractivity contribution is -0.130. The number of carbonyl (C=O) groups excluding carboxylic acids is 1. The molecular weight excluding hydrogens is 312 g/mol. The molecule has 1 fully saturated rings. The Balaban J connectivity index is 1.42. The summed E-state index contributed by atoms with van der Waals surface area (Å²) >= 11 is 0. The summed E-state index contributed by atoms with van der Waals surface area (Å²) in [4.78, 5) is 23.7.